The number of aromatic nitrogens is 3. The van der Waals surface area contributed by atoms with E-state index in [0.29, 0.717) is 19.0 Å². The van der Waals surface area contributed by atoms with Gasteiger partial charge in [-0.25, -0.2) is 0 Å². The van der Waals surface area contributed by atoms with Crippen molar-refractivity contribution in [3.8, 4) is 23.1 Å². The zero-order valence-corrected chi connectivity index (χ0v) is 11.5. The number of ether oxygens (including phenoxy) is 2. The van der Waals surface area contributed by atoms with Crippen molar-refractivity contribution in [2.45, 2.75) is 13.8 Å². The SMILES string of the molecule is CCOc1cccc(-c2nc(Cl)nc(OCC)n2)c1. The molecule has 19 heavy (non-hydrogen) atoms. The van der Waals surface area contributed by atoms with Crippen LogP contribution in [0.25, 0.3) is 11.4 Å². The van der Waals surface area contributed by atoms with Crippen molar-refractivity contribution >= 4 is 11.6 Å². The molecule has 0 unspecified atom stereocenters. The average molecular weight is 280 g/mol. The quantitative estimate of drug-likeness (QED) is 0.842. The minimum Gasteiger partial charge on any atom is -0.494 e. The molecule has 0 fully saturated rings. The summed E-state index contributed by atoms with van der Waals surface area (Å²) in [6, 6.07) is 7.70. The van der Waals surface area contributed by atoms with Crippen LogP contribution in [0, 0.1) is 0 Å². The van der Waals surface area contributed by atoms with Gasteiger partial charge in [0.2, 0.25) is 5.28 Å². The van der Waals surface area contributed by atoms with Crippen LogP contribution in [0.1, 0.15) is 13.8 Å². The van der Waals surface area contributed by atoms with Crippen LogP contribution in [-0.2, 0) is 0 Å². The van der Waals surface area contributed by atoms with Crippen LogP contribution in [0.2, 0.25) is 5.28 Å². The zero-order valence-electron chi connectivity index (χ0n) is 10.8. The molecule has 0 spiro atoms. The summed E-state index contributed by atoms with van der Waals surface area (Å²) in [5.74, 6) is 1.22. The molecule has 0 aliphatic rings. The topological polar surface area (TPSA) is 57.1 Å². The summed E-state index contributed by atoms with van der Waals surface area (Å²) in [7, 11) is 0. The van der Waals surface area contributed by atoms with Gasteiger partial charge in [-0.3, -0.25) is 0 Å². The second kappa shape index (κ2) is 6.33. The van der Waals surface area contributed by atoms with Gasteiger partial charge in [0.1, 0.15) is 5.75 Å². The summed E-state index contributed by atoms with van der Waals surface area (Å²) in [4.78, 5) is 12.2. The fraction of sp³-hybridized carbons (Fsp3) is 0.308. The third kappa shape index (κ3) is 3.54. The first-order valence-corrected chi connectivity index (χ1v) is 6.38. The molecule has 0 amide bonds. The molecule has 1 aromatic carbocycles. The Kier molecular flexibility index (Phi) is 4.52. The fourth-order valence-corrected chi connectivity index (χ4v) is 1.70. The second-order valence-corrected chi connectivity index (χ2v) is 3.94. The molecule has 0 aliphatic heterocycles. The smallest absolute Gasteiger partial charge is 0.321 e. The van der Waals surface area contributed by atoms with Gasteiger partial charge in [-0.1, -0.05) is 12.1 Å². The summed E-state index contributed by atoms with van der Waals surface area (Å²) in [6.07, 6.45) is 0. The van der Waals surface area contributed by atoms with Gasteiger partial charge >= 0.3 is 6.01 Å². The lowest BCUT2D eigenvalue weighted by atomic mass is 10.2. The Morgan fingerprint density at radius 2 is 1.84 bits per heavy atom. The van der Waals surface area contributed by atoms with Gasteiger partial charge in [-0.05, 0) is 37.6 Å². The van der Waals surface area contributed by atoms with Crippen molar-refractivity contribution in [2.24, 2.45) is 0 Å². The molecule has 5 nitrogen and oxygen atoms in total. The Morgan fingerprint density at radius 1 is 1.05 bits per heavy atom. The van der Waals surface area contributed by atoms with Gasteiger partial charge in [0, 0.05) is 5.56 Å². The Hall–Kier alpha value is -1.88. The Balaban J connectivity index is 2.37. The summed E-state index contributed by atoms with van der Waals surface area (Å²) in [6.45, 7) is 4.86. The number of hydrogen-bond donors (Lipinski definition) is 0. The highest BCUT2D eigenvalue weighted by molar-refractivity contribution is 6.28. The van der Waals surface area contributed by atoms with Crippen LogP contribution >= 0.6 is 11.6 Å². The predicted molar refractivity (Wildman–Crippen MR) is 72.6 cm³/mol. The Labute approximate surface area is 116 Å². The van der Waals surface area contributed by atoms with Crippen molar-refractivity contribution < 1.29 is 9.47 Å². The van der Waals surface area contributed by atoms with Gasteiger partial charge in [0.15, 0.2) is 5.82 Å². The van der Waals surface area contributed by atoms with Crippen LogP contribution in [0.3, 0.4) is 0 Å². The molecule has 0 saturated carbocycles. The molecule has 0 radical (unpaired) electrons. The minimum absolute atomic E-state index is 0.107. The standard InChI is InChI=1S/C13H14ClN3O2/c1-3-18-10-7-5-6-9(8-10)11-15-12(14)17-13(16-11)19-4-2/h5-8H,3-4H2,1-2H3. The third-order valence-electron chi connectivity index (χ3n) is 2.26. The van der Waals surface area contributed by atoms with Crippen LogP contribution in [0.5, 0.6) is 11.8 Å². The Bertz CT molecular complexity index is 563. The van der Waals surface area contributed by atoms with Gasteiger partial charge in [-0.15, -0.1) is 0 Å². The maximum absolute atomic E-state index is 5.86. The lowest BCUT2D eigenvalue weighted by Gasteiger charge is -2.07. The summed E-state index contributed by atoms with van der Waals surface area (Å²) >= 11 is 5.86. The molecule has 1 aromatic heterocycles. The summed E-state index contributed by atoms with van der Waals surface area (Å²) < 4.78 is 10.7. The number of hydrogen-bond acceptors (Lipinski definition) is 5. The van der Waals surface area contributed by atoms with Crippen LogP contribution in [0.4, 0.5) is 0 Å². The second-order valence-electron chi connectivity index (χ2n) is 3.60. The van der Waals surface area contributed by atoms with Crippen LogP contribution in [0.15, 0.2) is 24.3 Å². The van der Waals surface area contributed by atoms with E-state index in [4.69, 9.17) is 21.1 Å². The van der Waals surface area contributed by atoms with Crippen molar-refractivity contribution in [2.75, 3.05) is 13.2 Å². The normalized spacial score (nSPS) is 10.3. The highest BCUT2D eigenvalue weighted by Crippen LogP contribution is 2.23. The first-order chi connectivity index (χ1) is 9.22. The van der Waals surface area contributed by atoms with E-state index in [9.17, 15) is 0 Å². The van der Waals surface area contributed by atoms with E-state index in [1.807, 2.05) is 38.1 Å². The van der Waals surface area contributed by atoms with Crippen molar-refractivity contribution in [1.29, 1.82) is 0 Å². The van der Waals surface area contributed by atoms with E-state index >= 15 is 0 Å². The van der Waals surface area contributed by atoms with Gasteiger partial charge in [0.05, 0.1) is 13.2 Å². The van der Waals surface area contributed by atoms with Crippen molar-refractivity contribution in [3.05, 3.63) is 29.5 Å². The fourth-order valence-electron chi connectivity index (χ4n) is 1.55. The summed E-state index contributed by atoms with van der Waals surface area (Å²) in [5, 5.41) is 0.107. The van der Waals surface area contributed by atoms with E-state index in [2.05, 4.69) is 15.0 Å². The van der Waals surface area contributed by atoms with Gasteiger partial charge < -0.3 is 9.47 Å². The first kappa shape index (κ1) is 13.5. The van der Waals surface area contributed by atoms with E-state index < -0.39 is 0 Å². The van der Waals surface area contributed by atoms with Crippen molar-refractivity contribution in [3.63, 3.8) is 0 Å². The average Bonchev–Trinajstić information content (AvgIpc) is 2.39. The number of rotatable bonds is 5. The van der Waals surface area contributed by atoms with E-state index in [-0.39, 0.29) is 11.3 Å². The van der Waals surface area contributed by atoms with Crippen LogP contribution in [-0.4, -0.2) is 28.2 Å². The number of benzene rings is 1. The lowest BCUT2D eigenvalue weighted by molar-refractivity contribution is 0.312. The molecule has 0 saturated heterocycles. The van der Waals surface area contributed by atoms with E-state index in [1.54, 1.807) is 0 Å². The van der Waals surface area contributed by atoms with Gasteiger partial charge in [-0.2, -0.15) is 15.0 Å². The molecule has 0 atom stereocenters. The number of nitrogens with zero attached hydrogens (tertiary/aromatic N) is 3. The lowest BCUT2D eigenvalue weighted by Crippen LogP contribution is -2.01. The molecule has 100 valence electrons. The highest BCUT2D eigenvalue weighted by atomic mass is 35.5. The molecule has 2 rings (SSSR count). The molecular weight excluding hydrogens is 266 g/mol. The molecule has 2 aromatic rings. The third-order valence-corrected chi connectivity index (χ3v) is 2.43. The largest absolute Gasteiger partial charge is 0.494 e. The summed E-state index contributed by atoms with van der Waals surface area (Å²) in [5.41, 5.74) is 0.802. The molecule has 1 heterocycles. The Morgan fingerprint density at radius 3 is 2.58 bits per heavy atom. The van der Waals surface area contributed by atoms with E-state index in [1.165, 1.54) is 0 Å². The maximum atomic E-state index is 5.86. The molecule has 0 N–H and O–H groups in total. The van der Waals surface area contributed by atoms with Crippen molar-refractivity contribution in [1.82, 2.24) is 15.0 Å². The minimum atomic E-state index is 0.107. The van der Waals surface area contributed by atoms with Crippen LogP contribution < -0.4 is 9.47 Å². The monoisotopic (exact) mass is 279 g/mol. The molecule has 0 aliphatic carbocycles. The highest BCUT2D eigenvalue weighted by Gasteiger charge is 2.08. The molecular formula is C13H14ClN3O2. The number of halogens is 1. The first-order valence-electron chi connectivity index (χ1n) is 6.00. The molecule has 0 bridgehead atoms. The van der Waals surface area contributed by atoms with Gasteiger partial charge in [0.25, 0.3) is 0 Å². The zero-order chi connectivity index (χ0) is 13.7. The molecule has 6 heteroatoms. The maximum Gasteiger partial charge on any atom is 0.321 e. The predicted octanol–water partition coefficient (Wildman–Crippen LogP) is 2.99. The van der Waals surface area contributed by atoms with E-state index in [0.717, 1.165) is 11.3 Å².